The van der Waals surface area contributed by atoms with Crippen molar-refractivity contribution in [3.05, 3.63) is 52.8 Å². The highest BCUT2D eigenvalue weighted by Crippen LogP contribution is 2.38. The van der Waals surface area contributed by atoms with E-state index in [2.05, 4.69) is 53.7 Å². The number of aliphatic hydroxyl groups is 1. The Balaban J connectivity index is 0.00000139. The molecule has 24 heavy (non-hydrogen) atoms. The van der Waals surface area contributed by atoms with Gasteiger partial charge in [-0.15, -0.1) is 11.8 Å². The molecule has 1 N–H and O–H groups in total. The SMILES string of the molecule is CCSc1cc(Br)c(F)cc1N(CC(C)C)c1ccccc1.CO. The second kappa shape index (κ2) is 10.7. The average Bonchev–Trinajstić information content (AvgIpc) is 2.59. The molecule has 2 rings (SSSR count). The van der Waals surface area contributed by atoms with Crippen LogP contribution >= 0.6 is 27.7 Å². The molecule has 2 aromatic rings. The highest BCUT2D eigenvalue weighted by molar-refractivity contribution is 9.10. The normalized spacial score (nSPS) is 10.3. The van der Waals surface area contributed by atoms with Crippen molar-refractivity contribution in [1.29, 1.82) is 0 Å². The molecule has 0 aliphatic carbocycles. The van der Waals surface area contributed by atoms with E-state index in [1.807, 2.05) is 24.3 Å². The van der Waals surface area contributed by atoms with E-state index in [1.54, 1.807) is 17.8 Å². The van der Waals surface area contributed by atoms with Crippen molar-refractivity contribution in [3.8, 4) is 0 Å². The first-order valence-electron chi connectivity index (χ1n) is 7.92. The number of benzene rings is 2. The number of hydrogen-bond donors (Lipinski definition) is 1. The summed E-state index contributed by atoms with van der Waals surface area (Å²) in [5.74, 6) is 1.21. The van der Waals surface area contributed by atoms with Crippen LogP contribution in [0.5, 0.6) is 0 Å². The summed E-state index contributed by atoms with van der Waals surface area (Å²) in [4.78, 5) is 3.30. The third-order valence-corrected chi connectivity index (χ3v) is 4.74. The maximum atomic E-state index is 14.1. The topological polar surface area (TPSA) is 23.5 Å². The predicted molar refractivity (Wildman–Crippen MR) is 107 cm³/mol. The molecular weight excluding hydrogens is 389 g/mol. The Morgan fingerprint density at radius 2 is 1.79 bits per heavy atom. The maximum absolute atomic E-state index is 14.1. The molecule has 0 fully saturated rings. The summed E-state index contributed by atoms with van der Waals surface area (Å²) in [6, 6.07) is 13.7. The van der Waals surface area contributed by atoms with Crippen molar-refractivity contribution < 1.29 is 9.50 Å². The highest BCUT2D eigenvalue weighted by atomic mass is 79.9. The van der Waals surface area contributed by atoms with E-state index in [9.17, 15) is 4.39 Å². The summed E-state index contributed by atoms with van der Waals surface area (Å²) < 4.78 is 14.6. The van der Waals surface area contributed by atoms with Gasteiger partial charge in [-0.3, -0.25) is 0 Å². The summed E-state index contributed by atoms with van der Waals surface area (Å²) >= 11 is 5.04. The number of nitrogens with zero attached hydrogens (tertiary/aromatic N) is 1. The van der Waals surface area contributed by atoms with E-state index in [1.165, 1.54) is 0 Å². The molecule has 0 aliphatic rings. The number of hydrogen-bond acceptors (Lipinski definition) is 3. The van der Waals surface area contributed by atoms with Gasteiger partial charge in [0.05, 0.1) is 10.2 Å². The van der Waals surface area contributed by atoms with Gasteiger partial charge < -0.3 is 10.0 Å². The third-order valence-electron chi connectivity index (χ3n) is 3.21. The smallest absolute Gasteiger partial charge is 0.139 e. The number of halogens is 2. The van der Waals surface area contributed by atoms with E-state index in [4.69, 9.17) is 5.11 Å². The fourth-order valence-corrected chi connectivity index (χ4v) is 3.64. The average molecular weight is 414 g/mol. The van der Waals surface area contributed by atoms with Crippen molar-refractivity contribution >= 4 is 39.1 Å². The van der Waals surface area contributed by atoms with Crippen LogP contribution in [0.15, 0.2) is 51.8 Å². The minimum atomic E-state index is -0.222. The molecule has 0 aliphatic heterocycles. The van der Waals surface area contributed by atoms with Crippen LogP contribution in [0, 0.1) is 11.7 Å². The van der Waals surface area contributed by atoms with Gasteiger partial charge >= 0.3 is 0 Å². The lowest BCUT2D eigenvalue weighted by atomic mass is 10.1. The van der Waals surface area contributed by atoms with E-state index < -0.39 is 0 Å². The van der Waals surface area contributed by atoms with Gasteiger partial charge in [0.1, 0.15) is 5.82 Å². The van der Waals surface area contributed by atoms with Crippen molar-refractivity contribution in [2.75, 3.05) is 24.3 Å². The van der Waals surface area contributed by atoms with Crippen molar-refractivity contribution in [1.82, 2.24) is 0 Å². The van der Waals surface area contributed by atoms with Crippen LogP contribution in [-0.4, -0.2) is 24.5 Å². The zero-order chi connectivity index (χ0) is 18.1. The molecule has 0 amide bonds. The van der Waals surface area contributed by atoms with Crippen LogP contribution in [0.1, 0.15) is 20.8 Å². The molecule has 0 atom stereocenters. The lowest BCUT2D eigenvalue weighted by Crippen LogP contribution is -2.23. The zero-order valence-electron chi connectivity index (χ0n) is 14.6. The minimum Gasteiger partial charge on any atom is -0.400 e. The van der Waals surface area contributed by atoms with Crippen LogP contribution in [0.2, 0.25) is 0 Å². The number of anilines is 2. The van der Waals surface area contributed by atoms with Gasteiger partial charge in [0, 0.05) is 24.2 Å². The van der Waals surface area contributed by atoms with Gasteiger partial charge in [0.15, 0.2) is 0 Å². The molecular formula is C19H25BrFNOS. The van der Waals surface area contributed by atoms with Crippen LogP contribution < -0.4 is 4.90 Å². The molecule has 0 saturated carbocycles. The summed E-state index contributed by atoms with van der Waals surface area (Å²) in [5, 5.41) is 7.00. The molecule has 132 valence electrons. The number of rotatable bonds is 6. The molecule has 0 radical (unpaired) electrons. The van der Waals surface area contributed by atoms with Crippen molar-refractivity contribution in [3.63, 3.8) is 0 Å². The monoisotopic (exact) mass is 413 g/mol. The second-order valence-corrected chi connectivity index (χ2v) is 7.67. The Morgan fingerprint density at radius 1 is 1.17 bits per heavy atom. The van der Waals surface area contributed by atoms with Crippen molar-refractivity contribution in [2.24, 2.45) is 5.92 Å². The summed E-state index contributed by atoms with van der Waals surface area (Å²) in [6.07, 6.45) is 0. The van der Waals surface area contributed by atoms with E-state index in [-0.39, 0.29) is 5.82 Å². The summed E-state index contributed by atoms with van der Waals surface area (Å²) in [6.45, 7) is 7.32. The summed E-state index contributed by atoms with van der Waals surface area (Å²) in [7, 11) is 1.00. The predicted octanol–water partition coefficient (Wildman–Crippen LogP) is 6.10. The zero-order valence-corrected chi connectivity index (χ0v) is 17.0. The minimum absolute atomic E-state index is 0.222. The van der Waals surface area contributed by atoms with Crippen molar-refractivity contribution in [2.45, 2.75) is 25.7 Å². The van der Waals surface area contributed by atoms with Crippen LogP contribution in [-0.2, 0) is 0 Å². The Morgan fingerprint density at radius 3 is 2.33 bits per heavy atom. The lowest BCUT2D eigenvalue weighted by molar-refractivity contribution is 0.399. The quantitative estimate of drug-likeness (QED) is 0.578. The van der Waals surface area contributed by atoms with Crippen LogP contribution in [0.25, 0.3) is 0 Å². The van der Waals surface area contributed by atoms with Crippen LogP contribution in [0.3, 0.4) is 0 Å². The first kappa shape index (κ1) is 21.0. The molecule has 0 saturated heterocycles. The second-order valence-electron chi connectivity index (χ2n) is 5.51. The molecule has 5 heteroatoms. The molecule has 2 aromatic carbocycles. The fraction of sp³-hybridized carbons (Fsp3) is 0.368. The largest absolute Gasteiger partial charge is 0.400 e. The number of para-hydroxylation sites is 1. The molecule has 0 unspecified atom stereocenters. The van der Waals surface area contributed by atoms with E-state index in [0.29, 0.717) is 10.4 Å². The molecule has 2 nitrogen and oxygen atoms in total. The summed E-state index contributed by atoms with van der Waals surface area (Å²) in [5.41, 5.74) is 2.03. The highest BCUT2D eigenvalue weighted by Gasteiger charge is 2.17. The van der Waals surface area contributed by atoms with E-state index in [0.717, 1.165) is 35.7 Å². The molecule has 0 heterocycles. The molecule has 0 bridgehead atoms. The third kappa shape index (κ3) is 5.80. The fourth-order valence-electron chi connectivity index (χ4n) is 2.32. The van der Waals surface area contributed by atoms with Gasteiger partial charge in [-0.25, -0.2) is 4.39 Å². The van der Waals surface area contributed by atoms with Gasteiger partial charge in [0.25, 0.3) is 0 Å². The Hall–Kier alpha value is -1.04. The Labute approximate surface area is 157 Å². The van der Waals surface area contributed by atoms with E-state index >= 15 is 0 Å². The van der Waals surface area contributed by atoms with Gasteiger partial charge in [-0.1, -0.05) is 39.0 Å². The first-order valence-corrected chi connectivity index (χ1v) is 9.70. The standard InChI is InChI=1S/C18H21BrFNS.CH4O/c1-4-22-18-10-15(19)16(20)11-17(18)21(12-13(2)3)14-8-6-5-7-9-14;1-2/h5-11,13H,4,12H2,1-3H3;2H,1H3. The van der Waals surface area contributed by atoms with Gasteiger partial charge in [-0.2, -0.15) is 0 Å². The Bertz CT molecular complexity index is 622. The Kier molecular flexibility index (Phi) is 9.41. The van der Waals surface area contributed by atoms with Gasteiger partial charge in [0.2, 0.25) is 0 Å². The lowest BCUT2D eigenvalue weighted by Gasteiger charge is -2.29. The number of thioether (sulfide) groups is 1. The number of aliphatic hydroxyl groups excluding tert-OH is 1. The first-order chi connectivity index (χ1) is 11.5. The maximum Gasteiger partial charge on any atom is 0.139 e. The molecule has 0 aromatic heterocycles. The van der Waals surface area contributed by atoms with Crippen LogP contribution in [0.4, 0.5) is 15.8 Å². The molecule has 0 spiro atoms. The van der Waals surface area contributed by atoms with Gasteiger partial charge in [-0.05, 0) is 51.9 Å².